The molecule has 3 N–H and O–H groups in total. The van der Waals surface area contributed by atoms with Crippen molar-refractivity contribution in [1.82, 2.24) is 4.90 Å². The monoisotopic (exact) mass is 311 g/mol. The first-order chi connectivity index (χ1) is 10.5. The van der Waals surface area contributed by atoms with Crippen molar-refractivity contribution in [3.8, 4) is 5.75 Å². The van der Waals surface area contributed by atoms with Crippen molar-refractivity contribution >= 4 is 0 Å². The summed E-state index contributed by atoms with van der Waals surface area (Å²) in [7, 11) is 0. The Morgan fingerprint density at radius 2 is 1.77 bits per heavy atom. The van der Waals surface area contributed by atoms with E-state index in [9.17, 15) is 5.11 Å². The Morgan fingerprint density at radius 1 is 1.14 bits per heavy atom. The van der Waals surface area contributed by atoms with Gasteiger partial charge < -0.3 is 20.1 Å². The van der Waals surface area contributed by atoms with Crippen LogP contribution in [0.25, 0.3) is 0 Å². The number of aryl methyl sites for hydroxylation is 1. The molecule has 0 heterocycles. The molecular weight excluding hydrogens is 282 g/mol. The third-order valence-electron chi connectivity index (χ3n) is 3.61. The van der Waals surface area contributed by atoms with Crippen LogP contribution in [0.3, 0.4) is 0 Å². The number of ether oxygens (including phenoxy) is 1. The van der Waals surface area contributed by atoms with Gasteiger partial charge in [-0.3, -0.25) is 4.90 Å². The highest BCUT2D eigenvalue weighted by atomic mass is 16.5. The maximum atomic E-state index is 10.0. The zero-order valence-corrected chi connectivity index (χ0v) is 13.8. The van der Waals surface area contributed by atoms with Crippen molar-refractivity contribution in [1.29, 1.82) is 0 Å². The Hall–Kier alpha value is -1.14. The number of benzene rings is 1. The quantitative estimate of drug-likeness (QED) is 0.604. The van der Waals surface area contributed by atoms with Gasteiger partial charge in [-0.2, -0.15) is 0 Å². The van der Waals surface area contributed by atoms with E-state index in [1.165, 1.54) is 11.1 Å². The molecule has 0 aliphatic rings. The highest BCUT2D eigenvalue weighted by molar-refractivity contribution is 5.36. The fourth-order valence-electron chi connectivity index (χ4n) is 2.51. The Morgan fingerprint density at radius 3 is 2.27 bits per heavy atom. The van der Waals surface area contributed by atoms with Gasteiger partial charge in [-0.05, 0) is 36.1 Å². The van der Waals surface area contributed by atoms with Crippen LogP contribution in [0.5, 0.6) is 5.75 Å². The third kappa shape index (κ3) is 6.32. The molecule has 0 aliphatic heterocycles. The van der Waals surface area contributed by atoms with E-state index in [1.807, 2.05) is 12.1 Å². The van der Waals surface area contributed by atoms with Gasteiger partial charge in [0.25, 0.3) is 0 Å². The van der Waals surface area contributed by atoms with Gasteiger partial charge >= 0.3 is 0 Å². The van der Waals surface area contributed by atoms with Crippen LogP contribution in [-0.4, -0.2) is 65.8 Å². The first-order valence-electron chi connectivity index (χ1n) is 7.83. The SMILES string of the molecule is Cc1cc(OCC(O)CN(CCO)CCO)ccc1C(C)C. The van der Waals surface area contributed by atoms with Crippen LogP contribution in [0.4, 0.5) is 0 Å². The molecule has 1 aromatic rings. The Kier molecular flexibility index (Phi) is 8.42. The fraction of sp³-hybridized carbons (Fsp3) is 0.647. The van der Waals surface area contributed by atoms with Crippen LogP contribution in [0.15, 0.2) is 18.2 Å². The molecule has 0 saturated carbocycles. The molecule has 1 aromatic carbocycles. The van der Waals surface area contributed by atoms with Crippen LogP contribution in [-0.2, 0) is 0 Å². The van der Waals surface area contributed by atoms with Crippen molar-refractivity contribution in [2.24, 2.45) is 0 Å². The highest BCUT2D eigenvalue weighted by Crippen LogP contribution is 2.23. The molecule has 1 rings (SSSR count). The van der Waals surface area contributed by atoms with Gasteiger partial charge in [0.1, 0.15) is 18.5 Å². The van der Waals surface area contributed by atoms with Gasteiger partial charge in [-0.15, -0.1) is 0 Å². The summed E-state index contributed by atoms with van der Waals surface area (Å²) in [4.78, 5) is 1.81. The van der Waals surface area contributed by atoms with E-state index in [0.717, 1.165) is 5.75 Å². The largest absolute Gasteiger partial charge is 0.491 e. The number of rotatable bonds is 10. The molecule has 0 fully saturated rings. The Balaban J connectivity index is 2.49. The topological polar surface area (TPSA) is 73.2 Å². The average Bonchev–Trinajstić information content (AvgIpc) is 2.45. The summed E-state index contributed by atoms with van der Waals surface area (Å²) in [6.07, 6.45) is -0.664. The molecule has 0 bridgehead atoms. The van der Waals surface area contributed by atoms with E-state index in [1.54, 1.807) is 4.90 Å². The number of aliphatic hydroxyl groups is 3. The molecule has 5 heteroatoms. The van der Waals surface area contributed by atoms with Gasteiger partial charge in [0, 0.05) is 19.6 Å². The summed E-state index contributed by atoms with van der Waals surface area (Å²) >= 11 is 0. The molecule has 0 aromatic heterocycles. The molecule has 0 amide bonds. The second-order valence-corrected chi connectivity index (χ2v) is 5.89. The van der Waals surface area contributed by atoms with Crippen LogP contribution in [0, 0.1) is 6.92 Å². The summed E-state index contributed by atoms with van der Waals surface area (Å²) in [6, 6.07) is 5.97. The van der Waals surface area contributed by atoms with Crippen molar-refractivity contribution in [3.63, 3.8) is 0 Å². The van der Waals surface area contributed by atoms with Gasteiger partial charge in [0.05, 0.1) is 13.2 Å². The molecule has 1 atom stereocenters. The minimum Gasteiger partial charge on any atom is -0.491 e. The molecule has 5 nitrogen and oxygen atoms in total. The van der Waals surface area contributed by atoms with Crippen molar-refractivity contribution in [2.45, 2.75) is 32.8 Å². The first kappa shape index (κ1) is 18.9. The third-order valence-corrected chi connectivity index (χ3v) is 3.61. The fourth-order valence-corrected chi connectivity index (χ4v) is 2.51. The number of hydrogen-bond acceptors (Lipinski definition) is 5. The second-order valence-electron chi connectivity index (χ2n) is 5.89. The molecule has 0 spiro atoms. The Bertz CT molecular complexity index is 431. The van der Waals surface area contributed by atoms with E-state index in [2.05, 4.69) is 26.8 Å². The van der Waals surface area contributed by atoms with Crippen LogP contribution in [0.2, 0.25) is 0 Å². The summed E-state index contributed by atoms with van der Waals surface area (Å²) in [5.41, 5.74) is 2.48. The van der Waals surface area contributed by atoms with Crippen molar-refractivity contribution in [3.05, 3.63) is 29.3 Å². The zero-order valence-electron chi connectivity index (χ0n) is 13.8. The second kappa shape index (κ2) is 9.79. The zero-order chi connectivity index (χ0) is 16.5. The van der Waals surface area contributed by atoms with Gasteiger partial charge in [-0.25, -0.2) is 0 Å². The van der Waals surface area contributed by atoms with E-state index < -0.39 is 6.10 Å². The maximum Gasteiger partial charge on any atom is 0.119 e. The minimum atomic E-state index is -0.664. The lowest BCUT2D eigenvalue weighted by atomic mass is 9.98. The highest BCUT2D eigenvalue weighted by Gasteiger charge is 2.12. The summed E-state index contributed by atoms with van der Waals surface area (Å²) < 4.78 is 5.64. The number of aliphatic hydroxyl groups excluding tert-OH is 3. The molecule has 1 unspecified atom stereocenters. The van der Waals surface area contributed by atoms with Crippen molar-refractivity contribution in [2.75, 3.05) is 39.5 Å². The number of hydrogen-bond donors (Lipinski definition) is 3. The molecular formula is C17H29NO4. The molecule has 126 valence electrons. The summed E-state index contributed by atoms with van der Waals surface area (Å²) in [5, 5.41) is 27.9. The van der Waals surface area contributed by atoms with E-state index in [-0.39, 0.29) is 19.8 Å². The van der Waals surface area contributed by atoms with Crippen LogP contribution >= 0.6 is 0 Å². The standard InChI is InChI=1S/C17H29NO4/c1-13(2)17-5-4-16(10-14(17)3)22-12-15(21)11-18(6-8-19)7-9-20/h4-5,10,13,15,19-21H,6-9,11-12H2,1-3H3. The lowest BCUT2D eigenvalue weighted by Crippen LogP contribution is -2.38. The van der Waals surface area contributed by atoms with Gasteiger partial charge in [0.2, 0.25) is 0 Å². The smallest absolute Gasteiger partial charge is 0.119 e. The van der Waals surface area contributed by atoms with E-state index >= 15 is 0 Å². The molecule has 0 radical (unpaired) electrons. The Labute approximate surface area is 133 Å². The van der Waals surface area contributed by atoms with E-state index in [0.29, 0.717) is 25.6 Å². The average molecular weight is 311 g/mol. The first-order valence-corrected chi connectivity index (χ1v) is 7.83. The lowest BCUT2D eigenvalue weighted by Gasteiger charge is -2.23. The predicted octanol–water partition coefficient (Wildman–Crippen LogP) is 1.14. The minimum absolute atomic E-state index is 0.00341. The van der Waals surface area contributed by atoms with Gasteiger partial charge in [-0.1, -0.05) is 19.9 Å². The molecule has 22 heavy (non-hydrogen) atoms. The van der Waals surface area contributed by atoms with Gasteiger partial charge in [0.15, 0.2) is 0 Å². The molecule has 0 saturated heterocycles. The summed E-state index contributed by atoms with van der Waals surface area (Å²) in [5.74, 6) is 1.22. The lowest BCUT2D eigenvalue weighted by molar-refractivity contribution is 0.0552. The predicted molar refractivity (Wildman–Crippen MR) is 87.4 cm³/mol. The summed E-state index contributed by atoms with van der Waals surface area (Å²) in [6.45, 7) is 7.79. The van der Waals surface area contributed by atoms with E-state index in [4.69, 9.17) is 14.9 Å². The molecule has 0 aliphatic carbocycles. The normalized spacial score (nSPS) is 12.9. The maximum absolute atomic E-state index is 10.0. The number of nitrogens with zero attached hydrogens (tertiary/aromatic N) is 1. The van der Waals surface area contributed by atoms with Crippen LogP contribution in [0.1, 0.15) is 30.9 Å². The van der Waals surface area contributed by atoms with Crippen LogP contribution < -0.4 is 4.74 Å². The van der Waals surface area contributed by atoms with Crippen molar-refractivity contribution < 1.29 is 20.1 Å².